The number of anilines is 1. The molecule has 0 radical (unpaired) electrons. The third kappa shape index (κ3) is 3.35. The van der Waals surface area contributed by atoms with Gasteiger partial charge in [-0.2, -0.15) is 0 Å². The third-order valence-electron chi connectivity index (χ3n) is 3.62. The maximum Gasteiger partial charge on any atom is 0.123 e. The molecule has 3 nitrogen and oxygen atoms in total. The molecule has 1 saturated heterocycles. The summed E-state index contributed by atoms with van der Waals surface area (Å²) in [6.07, 6.45) is 2.99. The summed E-state index contributed by atoms with van der Waals surface area (Å²) in [6, 6.07) is 6.80. The molecule has 0 unspecified atom stereocenters. The first kappa shape index (κ1) is 13.5. The zero-order chi connectivity index (χ0) is 13.8. The second-order valence-electron chi connectivity index (χ2n) is 5.02. The van der Waals surface area contributed by atoms with E-state index >= 15 is 0 Å². The Labute approximate surface area is 122 Å². The Kier molecular flexibility index (Phi) is 4.28. The van der Waals surface area contributed by atoms with Crippen LogP contribution in [0.1, 0.15) is 11.4 Å². The molecule has 1 aromatic carbocycles. The lowest BCUT2D eigenvalue weighted by Gasteiger charge is -2.23. The number of benzene rings is 1. The van der Waals surface area contributed by atoms with Crippen molar-refractivity contribution in [1.29, 1.82) is 0 Å². The molecule has 0 aliphatic carbocycles. The molecular weight excluding hydrogens is 273 g/mol. The molecule has 3 rings (SSSR count). The van der Waals surface area contributed by atoms with E-state index in [1.807, 2.05) is 23.7 Å². The van der Waals surface area contributed by atoms with Gasteiger partial charge in [0.05, 0.1) is 6.54 Å². The van der Waals surface area contributed by atoms with Crippen molar-refractivity contribution in [3.05, 3.63) is 46.7 Å². The van der Waals surface area contributed by atoms with Crippen LogP contribution in [0.4, 0.5) is 10.1 Å². The fraction of sp³-hybridized carbons (Fsp3) is 0.400. The fourth-order valence-corrected chi connectivity index (χ4v) is 3.22. The number of rotatable bonds is 3. The van der Waals surface area contributed by atoms with Gasteiger partial charge in [0, 0.05) is 43.4 Å². The molecule has 1 aliphatic heterocycles. The molecule has 5 heteroatoms. The Balaban J connectivity index is 1.60. The molecule has 1 aliphatic rings. The van der Waals surface area contributed by atoms with E-state index in [1.54, 1.807) is 11.3 Å². The number of hydrogen-bond acceptors (Lipinski definition) is 4. The Morgan fingerprint density at radius 1 is 1.10 bits per heavy atom. The summed E-state index contributed by atoms with van der Waals surface area (Å²) >= 11 is 1.71. The fourth-order valence-electron chi connectivity index (χ4n) is 2.56. The van der Waals surface area contributed by atoms with Gasteiger partial charge in [-0.05, 0) is 30.7 Å². The van der Waals surface area contributed by atoms with Crippen molar-refractivity contribution in [2.45, 2.75) is 13.0 Å². The predicted molar refractivity (Wildman–Crippen MR) is 80.6 cm³/mol. The Morgan fingerprint density at radius 2 is 1.95 bits per heavy atom. The molecule has 0 atom stereocenters. The minimum atomic E-state index is -0.172. The molecule has 2 heterocycles. The van der Waals surface area contributed by atoms with E-state index in [-0.39, 0.29) is 5.82 Å². The second kappa shape index (κ2) is 6.33. The van der Waals surface area contributed by atoms with E-state index in [4.69, 9.17) is 0 Å². The minimum absolute atomic E-state index is 0.172. The van der Waals surface area contributed by atoms with Gasteiger partial charge in [-0.3, -0.25) is 4.90 Å². The third-order valence-corrected chi connectivity index (χ3v) is 4.39. The Morgan fingerprint density at radius 3 is 2.70 bits per heavy atom. The molecule has 0 saturated carbocycles. The Hall–Kier alpha value is -1.46. The first-order valence-electron chi connectivity index (χ1n) is 6.92. The van der Waals surface area contributed by atoms with Crippen LogP contribution in [0.25, 0.3) is 0 Å². The van der Waals surface area contributed by atoms with Gasteiger partial charge in [-0.25, -0.2) is 9.37 Å². The average molecular weight is 291 g/mol. The van der Waals surface area contributed by atoms with Crippen molar-refractivity contribution in [3.63, 3.8) is 0 Å². The van der Waals surface area contributed by atoms with Crippen LogP contribution in [-0.4, -0.2) is 36.1 Å². The average Bonchev–Trinajstić information content (AvgIpc) is 2.85. The SMILES string of the molecule is Fc1ccc(N2CCCN(Cc3nccs3)CC2)cc1. The van der Waals surface area contributed by atoms with Crippen LogP contribution in [0.5, 0.6) is 0 Å². The first-order valence-corrected chi connectivity index (χ1v) is 7.80. The van der Waals surface area contributed by atoms with Gasteiger partial charge < -0.3 is 4.90 Å². The molecule has 1 aromatic heterocycles. The highest BCUT2D eigenvalue weighted by molar-refractivity contribution is 7.09. The zero-order valence-electron chi connectivity index (χ0n) is 11.3. The van der Waals surface area contributed by atoms with Crippen LogP contribution in [0.3, 0.4) is 0 Å². The number of thiazole rings is 1. The lowest BCUT2D eigenvalue weighted by molar-refractivity contribution is 0.285. The zero-order valence-corrected chi connectivity index (χ0v) is 12.2. The van der Waals surface area contributed by atoms with Crippen LogP contribution in [0.2, 0.25) is 0 Å². The van der Waals surface area contributed by atoms with Crippen molar-refractivity contribution >= 4 is 17.0 Å². The van der Waals surface area contributed by atoms with E-state index in [0.717, 1.165) is 44.8 Å². The van der Waals surface area contributed by atoms with Gasteiger partial charge in [0.15, 0.2) is 0 Å². The number of nitrogens with zero attached hydrogens (tertiary/aromatic N) is 3. The molecule has 0 spiro atoms. The molecule has 2 aromatic rings. The van der Waals surface area contributed by atoms with E-state index in [2.05, 4.69) is 14.8 Å². The highest BCUT2D eigenvalue weighted by Gasteiger charge is 2.16. The van der Waals surface area contributed by atoms with Gasteiger partial charge >= 0.3 is 0 Å². The lowest BCUT2D eigenvalue weighted by Crippen LogP contribution is -2.30. The maximum atomic E-state index is 13.0. The Bertz CT molecular complexity index is 527. The quantitative estimate of drug-likeness (QED) is 0.866. The van der Waals surface area contributed by atoms with Crippen molar-refractivity contribution in [1.82, 2.24) is 9.88 Å². The highest BCUT2D eigenvalue weighted by Crippen LogP contribution is 2.18. The standard InChI is InChI=1S/C15H18FN3S/c16-13-2-4-14(5-3-13)19-8-1-7-18(9-10-19)12-15-17-6-11-20-15/h2-6,11H,1,7-10,12H2. The van der Waals surface area contributed by atoms with Crippen molar-refractivity contribution in [2.24, 2.45) is 0 Å². The van der Waals surface area contributed by atoms with Crippen molar-refractivity contribution < 1.29 is 4.39 Å². The summed E-state index contributed by atoms with van der Waals surface area (Å²) in [5.74, 6) is -0.172. The summed E-state index contributed by atoms with van der Waals surface area (Å²) in [6.45, 7) is 5.07. The number of aromatic nitrogens is 1. The van der Waals surface area contributed by atoms with Gasteiger partial charge in [0.1, 0.15) is 10.8 Å². The van der Waals surface area contributed by atoms with Gasteiger partial charge in [-0.1, -0.05) is 0 Å². The largest absolute Gasteiger partial charge is 0.370 e. The molecule has 0 N–H and O–H groups in total. The van der Waals surface area contributed by atoms with E-state index in [1.165, 1.54) is 17.1 Å². The maximum absolute atomic E-state index is 13.0. The monoisotopic (exact) mass is 291 g/mol. The van der Waals surface area contributed by atoms with Gasteiger partial charge in [0.2, 0.25) is 0 Å². The summed E-state index contributed by atoms with van der Waals surface area (Å²) < 4.78 is 13.0. The van der Waals surface area contributed by atoms with Gasteiger partial charge in [0.25, 0.3) is 0 Å². The molecule has 20 heavy (non-hydrogen) atoms. The first-order chi connectivity index (χ1) is 9.81. The highest BCUT2D eigenvalue weighted by atomic mass is 32.1. The predicted octanol–water partition coefficient (Wildman–Crippen LogP) is 2.99. The molecule has 106 valence electrons. The van der Waals surface area contributed by atoms with Crippen LogP contribution in [0, 0.1) is 5.82 Å². The van der Waals surface area contributed by atoms with E-state index in [0.29, 0.717) is 0 Å². The van der Waals surface area contributed by atoms with Crippen LogP contribution >= 0.6 is 11.3 Å². The molecule has 0 bridgehead atoms. The topological polar surface area (TPSA) is 19.4 Å². The number of hydrogen-bond donors (Lipinski definition) is 0. The summed E-state index contributed by atoms with van der Waals surface area (Å²) in [5.41, 5.74) is 1.11. The normalized spacial score (nSPS) is 17.1. The van der Waals surface area contributed by atoms with Gasteiger partial charge in [-0.15, -0.1) is 11.3 Å². The van der Waals surface area contributed by atoms with Crippen LogP contribution < -0.4 is 4.90 Å². The molecule has 1 fully saturated rings. The van der Waals surface area contributed by atoms with E-state index < -0.39 is 0 Å². The summed E-state index contributed by atoms with van der Waals surface area (Å²) in [7, 11) is 0. The second-order valence-corrected chi connectivity index (χ2v) is 6.00. The minimum Gasteiger partial charge on any atom is -0.370 e. The summed E-state index contributed by atoms with van der Waals surface area (Å²) in [4.78, 5) is 9.13. The van der Waals surface area contributed by atoms with E-state index in [9.17, 15) is 4.39 Å². The van der Waals surface area contributed by atoms with Crippen LogP contribution in [-0.2, 0) is 6.54 Å². The van der Waals surface area contributed by atoms with Crippen LogP contribution in [0.15, 0.2) is 35.8 Å². The molecule has 0 amide bonds. The number of halogens is 1. The summed E-state index contributed by atoms with van der Waals surface area (Å²) in [5, 5.41) is 3.21. The smallest absolute Gasteiger partial charge is 0.123 e. The van der Waals surface area contributed by atoms with Crippen molar-refractivity contribution in [3.8, 4) is 0 Å². The lowest BCUT2D eigenvalue weighted by atomic mass is 10.2. The molecular formula is C15H18FN3S. The van der Waals surface area contributed by atoms with Crippen molar-refractivity contribution in [2.75, 3.05) is 31.1 Å².